The van der Waals surface area contributed by atoms with Crippen LogP contribution in [0.4, 0.5) is 8.78 Å². The normalized spacial score (nSPS) is 19.2. The van der Waals surface area contributed by atoms with Crippen molar-refractivity contribution < 1.29 is 23.1 Å². The van der Waals surface area contributed by atoms with Crippen LogP contribution >= 0.6 is 0 Å². The van der Waals surface area contributed by atoms with Gasteiger partial charge in [0, 0.05) is 31.4 Å². The highest BCUT2D eigenvalue weighted by atomic mass is 19.1. The summed E-state index contributed by atoms with van der Waals surface area (Å²) in [6.07, 6.45) is 4.27. The van der Waals surface area contributed by atoms with E-state index in [0.717, 1.165) is 6.07 Å². The molecular formula is C22H27F2N3O3. The fraction of sp³-hybridized carbons (Fsp3) is 0.500. The summed E-state index contributed by atoms with van der Waals surface area (Å²) in [6, 6.07) is 3.44. The van der Waals surface area contributed by atoms with Gasteiger partial charge in [-0.05, 0) is 51.7 Å². The van der Waals surface area contributed by atoms with Crippen LogP contribution in [0.15, 0.2) is 30.6 Å². The number of carbonyl (C=O) groups is 2. The summed E-state index contributed by atoms with van der Waals surface area (Å²) in [7, 11) is 0. The minimum Gasteiger partial charge on any atom is -0.466 e. The highest BCUT2D eigenvalue weighted by molar-refractivity contribution is 5.94. The second-order valence-electron chi connectivity index (χ2n) is 8.05. The first-order chi connectivity index (χ1) is 14.3. The predicted molar refractivity (Wildman–Crippen MR) is 107 cm³/mol. The molecular weight excluding hydrogens is 392 g/mol. The maximum atomic E-state index is 14.3. The van der Waals surface area contributed by atoms with Crippen LogP contribution < -0.4 is 0 Å². The largest absolute Gasteiger partial charge is 0.466 e. The number of hydrogen-bond donors (Lipinski definition) is 0. The topological polar surface area (TPSA) is 64.4 Å². The third-order valence-corrected chi connectivity index (χ3v) is 5.49. The van der Waals surface area contributed by atoms with E-state index in [1.165, 1.54) is 18.3 Å². The Morgan fingerprint density at radius 3 is 2.70 bits per heavy atom. The zero-order chi connectivity index (χ0) is 21.9. The molecule has 0 radical (unpaired) electrons. The maximum Gasteiger partial charge on any atom is 0.314 e. The Bertz CT molecular complexity index is 928. The van der Waals surface area contributed by atoms with E-state index in [0.29, 0.717) is 24.9 Å². The van der Waals surface area contributed by atoms with E-state index in [9.17, 15) is 18.4 Å². The van der Waals surface area contributed by atoms with Crippen molar-refractivity contribution >= 4 is 11.9 Å². The molecule has 3 rings (SSSR count). The van der Waals surface area contributed by atoms with Gasteiger partial charge in [-0.1, -0.05) is 6.07 Å². The van der Waals surface area contributed by atoms with Crippen LogP contribution in [0.1, 0.15) is 55.6 Å². The van der Waals surface area contributed by atoms with Gasteiger partial charge in [0.15, 0.2) is 0 Å². The number of carbonyl (C=O) groups excluding carboxylic acids is 2. The van der Waals surface area contributed by atoms with Crippen molar-refractivity contribution in [2.75, 3.05) is 19.7 Å². The average molecular weight is 419 g/mol. The van der Waals surface area contributed by atoms with Gasteiger partial charge in [0.1, 0.15) is 11.6 Å². The van der Waals surface area contributed by atoms with Gasteiger partial charge in [-0.15, -0.1) is 0 Å². The molecule has 0 spiro atoms. The molecule has 1 aromatic heterocycles. The maximum absolute atomic E-state index is 14.3. The van der Waals surface area contributed by atoms with Crippen LogP contribution in [0.3, 0.4) is 0 Å². The number of aromatic nitrogens is 2. The van der Waals surface area contributed by atoms with Gasteiger partial charge in [0.2, 0.25) is 0 Å². The monoisotopic (exact) mass is 419 g/mol. The van der Waals surface area contributed by atoms with Gasteiger partial charge in [-0.3, -0.25) is 14.3 Å². The number of amides is 1. The van der Waals surface area contributed by atoms with Crippen molar-refractivity contribution in [2.45, 2.75) is 46.1 Å². The van der Waals surface area contributed by atoms with Crippen molar-refractivity contribution in [3.63, 3.8) is 0 Å². The van der Waals surface area contributed by atoms with Gasteiger partial charge in [0.05, 0.1) is 23.8 Å². The number of rotatable bonds is 6. The Labute approximate surface area is 174 Å². The van der Waals surface area contributed by atoms with Crippen molar-refractivity contribution in [1.82, 2.24) is 14.7 Å². The van der Waals surface area contributed by atoms with Crippen LogP contribution in [0.2, 0.25) is 0 Å². The quantitative estimate of drug-likeness (QED) is 0.669. The SMILES string of the molecule is CCOC(=O)[C@]1(Cc2ccc(F)cc2F)CCCN(C(=O)c2cnn(C(C)C)c2)C1. The minimum atomic E-state index is -1.09. The number of hydrogen-bond acceptors (Lipinski definition) is 4. The smallest absolute Gasteiger partial charge is 0.314 e. The Kier molecular flexibility index (Phi) is 6.53. The molecule has 0 aliphatic carbocycles. The van der Waals surface area contributed by atoms with Gasteiger partial charge in [-0.2, -0.15) is 5.10 Å². The molecule has 1 fully saturated rings. The highest BCUT2D eigenvalue weighted by Gasteiger charge is 2.45. The van der Waals surface area contributed by atoms with E-state index in [4.69, 9.17) is 4.74 Å². The molecule has 0 unspecified atom stereocenters. The summed E-state index contributed by atoms with van der Waals surface area (Å²) >= 11 is 0. The number of benzene rings is 1. The zero-order valence-corrected chi connectivity index (χ0v) is 17.5. The number of halogens is 2. The number of nitrogens with zero attached hydrogens (tertiary/aromatic N) is 3. The van der Waals surface area contributed by atoms with Crippen LogP contribution in [0, 0.1) is 17.0 Å². The summed E-state index contributed by atoms with van der Waals surface area (Å²) in [5, 5.41) is 4.21. The van der Waals surface area contributed by atoms with Crippen molar-refractivity contribution in [3.05, 3.63) is 53.4 Å². The fourth-order valence-electron chi connectivity index (χ4n) is 3.92. The molecule has 30 heavy (non-hydrogen) atoms. The zero-order valence-electron chi connectivity index (χ0n) is 17.5. The lowest BCUT2D eigenvalue weighted by atomic mass is 9.74. The summed E-state index contributed by atoms with van der Waals surface area (Å²) in [5.74, 6) is -2.08. The number of esters is 1. The highest BCUT2D eigenvalue weighted by Crippen LogP contribution is 2.36. The summed E-state index contributed by atoms with van der Waals surface area (Å²) < 4.78 is 34.7. The lowest BCUT2D eigenvalue weighted by Crippen LogP contribution is -2.51. The Morgan fingerprint density at radius 1 is 1.30 bits per heavy atom. The van der Waals surface area contributed by atoms with Crippen LogP contribution in [0.5, 0.6) is 0 Å². The molecule has 6 nitrogen and oxygen atoms in total. The second kappa shape index (κ2) is 8.93. The Hall–Kier alpha value is -2.77. The molecule has 162 valence electrons. The van der Waals surface area contributed by atoms with E-state index < -0.39 is 23.0 Å². The standard InChI is InChI=1S/C22H27F2N3O3/c1-4-30-21(29)22(11-16-6-7-18(23)10-19(16)24)8-5-9-26(14-22)20(28)17-12-25-27(13-17)15(2)3/h6-7,10,12-13,15H,4-5,8-9,11,14H2,1-3H3/t22-/m0/s1. The minimum absolute atomic E-state index is 0.0347. The lowest BCUT2D eigenvalue weighted by Gasteiger charge is -2.41. The van der Waals surface area contributed by atoms with Gasteiger partial charge in [0.25, 0.3) is 5.91 Å². The van der Waals surface area contributed by atoms with Crippen LogP contribution in [-0.2, 0) is 16.0 Å². The molecule has 0 bridgehead atoms. The molecule has 1 aliphatic rings. The van der Waals surface area contributed by atoms with Crippen molar-refractivity contribution in [3.8, 4) is 0 Å². The Morgan fingerprint density at radius 2 is 2.07 bits per heavy atom. The molecule has 8 heteroatoms. The molecule has 1 saturated heterocycles. The third kappa shape index (κ3) is 4.52. The fourth-order valence-corrected chi connectivity index (χ4v) is 3.92. The van der Waals surface area contributed by atoms with Crippen molar-refractivity contribution in [1.29, 1.82) is 0 Å². The molecule has 0 N–H and O–H groups in total. The van der Waals surface area contributed by atoms with Crippen LogP contribution in [-0.4, -0.2) is 46.3 Å². The Balaban J connectivity index is 1.88. The molecule has 2 aromatic rings. The van der Waals surface area contributed by atoms with Gasteiger partial charge >= 0.3 is 5.97 Å². The molecule has 0 saturated carbocycles. The first kappa shape index (κ1) is 21.9. The third-order valence-electron chi connectivity index (χ3n) is 5.49. The summed E-state index contributed by atoms with van der Waals surface area (Å²) in [4.78, 5) is 27.6. The lowest BCUT2D eigenvalue weighted by molar-refractivity contribution is -0.158. The first-order valence-electron chi connectivity index (χ1n) is 10.2. The molecule has 2 heterocycles. The van der Waals surface area contributed by atoms with E-state index in [2.05, 4.69) is 5.10 Å². The van der Waals surface area contributed by atoms with E-state index in [1.54, 1.807) is 22.7 Å². The number of likely N-dealkylation sites (tertiary alicyclic amines) is 1. The number of piperidine rings is 1. The second-order valence-corrected chi connectivity index (χ2v) is 8.05. The molecule has 1 atom stereocenters. The predicted octanol–water partition coefficient (Wildman–Crippen LogP) is 3.77. The molecule has 1 aromatic carbocycles. The van der Waals surface area contributed by atoms with Gasteiger partial charge in [-0.25, -0.2) is 8.78 Å². The summed E-state index contributed by atoms with van der Waals surface area (Å²) in [6.45, 7) is 6.40. The first-order valence-corrected chi connectivity index (χ1v) is 10.2. The van der Waals surface area contributed by atoms with Gasteiger partial charge < -0.3 is 9.64 Å². The van der Waals surface area contributed by atoms with E-state index in [-0.39, 0.29) is 37.1 Å². The average Bonchev–Trinajstić information content (AvgIpc) is 3.20. The molecule has 1 amide bonds. The van der Waals surface area contributed by atoms with Crippen molar-refractivity contribution in [2.24, 2.45) is 5.41 Å². The number of ether oxygens (including phenoxy) is 1. The molecule has 1 aliphatic heterocycles. The van der Waals surface area contributed by atoms with Crippen LogP contribution in [0.25, 0.3) is 0 Å². The van der Waals surface area contributed by atoms with E-state index in [1.807, 2.05) is 13.8 Å². The summed E-state index contributed by atoms with van der Waals surface area (Å²) in [5.41, 5.74) is -0.418. The van der Waals surface area contributed by atoms with E-state index >= 15 is 0 Å².